The normalized spacial score (nSPS) is 18.1. The molecule has 0 bridgehead atoms. The van der Waals surface area contributed by atoms with Crippen LogP contribution in [0.1, 0.15) is 16.8 Å². The summed E-state index contributed by atoms with van der Waals surface area (Å²) >= 11 is 1.81. The number of hydrogen-bond donors (Lipinski definition) is 2. The maximum Gasteiger partial charge on any atom is 0.340 e. The van der Waals surface area contributed by atoms with Gasteiger partial charge in [0.15, 0.2) is 0 Å². The largest absolute Gasteiger partial charge is 0.465 e. The summed E-state index contributed by atoms with van der Waals surface area (Å²) in [4.78, 5) is 23.3. The molecule has 1 aliphatic heterocycles. The van der Waals surface area contributed by atoms with Crippen molar-refractivity contribution >= 4 is 29.3 Å². The molecular formula is C14H17FN2O3S. The lowest BCUT2D eigenvalue weighted by molar-refractivity contribution is -0.116. The molecule has 2 N–H and O–H groups in total. The van der Waals surface area contributed by atoms with Gasteiger partial charge in [-0.05, 0) is 18.2 Å². The van der Waals surface area contributed by atoms with Crippen LogP contribution in [0.2, 0.25) is 0 Å². The van der Waals surface area contributed by atoms with Gasteiger partial charge in [0.2, 0.25) is 5.91 Å². The van der Waals surface area contributed by atoms with Crippen LogP contribution in [0.4, 0.5) is 10.1 Å². The zero-order chi connectivity index (χ0) is 15.2. The van der Waals surface area contributed by atoms with Crippen LogP contribution in [0, 0.1) is 5.82 Å². The summed E-state index contributed by atoms with van der Waals surface area (Å²) in [5.41, 5.74) is 0.187. The molecule has 1 aromatic carbocycles. The lowest BCUT2D eigenvalue weighted by atomic mass is 10.1. The quantitative estimate of drug-likeness (QED) is 0.828. The summed E-state index contributed by atoms with van der Waals surface area (Å²) in [5, 5.41) is 5.94. The molecule has 1 saturated heterocycles. The Hall–Kier alpha value is -1.60. The number of methoxy groups -OCH3 is 1. The predicted molar refractivity (Wildman–Crippen MR) is 80.1 cm³/mol. The smallest absolute Gasteiger partial charge is 0.340 e. The van der Waals surface area contributed by atoms with E-state index >= 15 is 0 Å². The zero-order valence-electron chi connectivity index (χ0n) is 11.6. The van der Waals surface area contributed by atoms with Gasteiger partial charge in [0.05, 0.1) is 12.7 Å². The van der Waals surface area contributed by atoms with E-state index in [-0.39, 0.29) is 17.5 Å². The second-order valence-corrected chi connectivity index (χ2v) is 5.81. The molecular weight excluding hydrogens is 295 g/mol. The van der Waals surface area contributed by atoms with Gasteiger partial charge in [-0.15, -0.1) is 0 Å². The number of anilines is 1. The summed E-state index contributed by atoms with van der Waals surface area (Å²) < 4.78 is 18.0. The number of nitrogens with one attached hydrogen (secondary N) is 2. The topological polar surface area (TPSA) is 67.4 Å². The van der Waals surface area contributed by atoms with Crippen molar-refractivity contribution in [2.24, 2.45) is 0 Å². The molecule has 1 aliphatic rings. The lowest BCUT2D eigenvalue weighted by Crippen LogP contribution is -2.39. The molecule has 0 spiro atoms. The van der Waals surface area contributed by atoms with Crippen LogP contribution >= 0.6 is 11.8 Å². The Morgan fingerprint density at radius 2 is 2.33 bits per heavy atom. The number of carbonyl (C=O) groups excluding carboxylic acids is 2. The number of amides is 1. The Morgan fingerprint density at radius 1 is 1.52 bits per heavy atom. The van der Waals surface area contributed by atoms with Crippen molar-refractivity contribution in [3.05, 3.63) is 29.6 Å². The molecule has 1 amide bonds. The van der Waals surface area contributed by atoms with Crippen molar-refractivity contribution in [3.63, 3.8) is 0 Å². The van der Waals surface area contributed by atoms with Crippen LogP contribution in [-0.4, -0.2) is 43.1 Å². The molecule has 1 fully saturated rings. The van der Waals surface area contributed by atoms with Crippen molar-refractivity contribution < 1.29 is 18.7 Å². The van der Waals surface area contributed by atoms with Gasteiger partial charge in [-0.3, -0.25) is 4.79 Å². The molecule has 0 radical (unpaired) electrons. The first-order chi connectivity index (χ1) is 10.1. The standard InChI is InChI=1S/C14H17FN2O3S/c1-20-14(19)11-6-9(2-3-12(11)15)17-13(18)7-10-8-21-5-4-16-10/h2-3,6,10,16H,4-5,7-8H2,1H3,(H,17,18). The van der Waals surface area contributed by atoms with Crippen LogP contribution < -0.4 is 10.6 Å². The van der Waals surface area contributed by atoms with Gasteiger partial charge in [-0.1, -0.05) is 0 Å². The molecule has 1 unspecified atom stereocenters. The van der Waals surface area contributed by atoms with E-state index in [1.165, 1.54) is 19.2 Å². The highest BCUT2D eigenvalue weighted by Crippen LogP contribution is 2.17. The van der Waals surface area contributed by atoms with E-state index in [1.54, 1.807) is 0 Å². The Balaban J connectivity index is 1.98. The number of thioether (sulfide) groups is 1. The minimum absolute atomic E-state index is 0.143. The number of halogens is 1. The second-order valence-electron chi connectivity index (χ2n) is 4.66. The van der Waals surface area contributed by atoms with Crippen LogP contribution in [-0.2, 0) is 9.53 Å². The molecule has 21 heavy (non-hydrogen) atoms. The Bertz CT molecular complexity index is 533. The third kappa shape index (κ3) is 4.44. The summed E-state index contributed by atoms with van der Waals surface area (Å²) in [6.07, 6.45) is 0.345. The van der Waals surface area contributed by atoms with Gasteiger partial charge < -0.3 is 15.4 Å². The maximum atomic E-state index is 13.5. The molecule has 5 nitrogen and oxygen atoms in total. The van der Waals surface area contributed by atoms with Crippen molar-refractivity contribution in [1.82, 2.24) is 5.32 Å². The molecule has 1 heterocycles. The lowest BCUT2D eigenvalue weighted by Gasteiger charge is -2.22. The Kier molecular flexibility index (Phi) is 5.58. The fraction of sp³-hybridized carbons (Fsp3) is 0.429. The van der Waals surface area contributed by atoms with E-state index < -0.39 is 11.8 Å². The van der Waals surface area contributed by atoms with Crippen LogP contribution in [0.15, 0.2) is 18.2 Å². The number of ether oxygens (including phenoxy) is 1. The molecule has 1 atom stereocenters. The van der Waals surface area contributed by atoms with Gasteiger partial charge in [0, 0.05) is 36.2 Å². The van der Waals surface area contributed by atoms with Crippen LogP contribution in [0.5, 0.6) is 0 Å². The van der Waals surface area contributed by atoms with Gasteiger partial charge in [-0.2, -0.15) is 11.8 Å². The van der Waals surface area contributed by atoms with Crippen LogP contribution in [0.3, 0.4) is 0 Å². The second kappa shape index (κ2) is 7.42. The van der Waals surface area contributed by atoms with Crippen LogP contribution in [0.25, 0.3) is 0 Å². The molecule has 0 aliphatic carbocycles. The first-order valence-electron chi connectivity index (χ1n) is 6.59. The fourth-order valence-electron chi connectivity index (χ4n) is 2.06. The van der Waals surface area contributed by atoms with E-state index in [0.29, 0.717) is 12.1 Å². The molecule has 1 aromatic rings. The first kappa shape index (κ1) is 15.8. The van der Waals surface area contributed by atoms with E-state index in [9.17, 15) is 14.0 Å². The third-order valence-electron chi connectivity index (χ3n) is 3.09. The van der Waals surface area contributed by atoms with E-state index in [4.69, 9.17) is 0 Å². The maximum absolute atomic E-state index is 13.5. The van der Waals surface area contributed by atoms with Crippen molar-refractivity contribution in [2.45, 2.75) is 12.5 Å². The number of carbonyl (C=O) groups is 2. The number of rotatable bonds is 4. The zero-order valence-corrected chi connectivity index (χ0v) is 12.5. The molecule has 114 valence electrons. The summed E-state index contributed by atoms with van der Waals surface area (Å²) in [6, 6.07) is 3.98. The molecule has 2 rings (SSSR count). The average Bonchev–Trinajstić information content (AvgIpc) is 2.49. The Morgan fingerprint density at radius 3 is 3.00 bits per heavy atom. The minimum atomic E-state index is -0.769. The highest BCUT2D eigenvalue weighted by molar-refractivity contribution is 7.99. The highest BCUT2D eigenvalue weighted by atomic mass is 32.2. The SMILES string of the molecule is COC(=O)c1cc(NC(=O)CC2CSCCN2)ccc1F. The number of benzene rings is 1. The fourth-order valence-corrected chi connectivity index (χ4v) is 3.01. The van der Waals surface area contributed by atoms with Gasteiger partial charge in [0.25, 0.3) is 0 Å². The minimum Gasteiger partial charge on any atom is -0.465 e. The number of hydrogen-bond acceptors (Lipinski definition) is 5. The number of esters is 1. The molecule has 0 aromatic heterocycles. The van der Waals surface area contributed by atoms with Gasteiger partial charge in [-0.25, -0.2) is 9.18 Å². The van der Waals surface area contributed by atoms with Crippen molar-refractivity contribution in [1.29, 1.82) is 0 Å². The van der Waals surface area contributed by atoms with Gasteiger partial charge >= 0.3 is 5.97 Å². The summed E-state index contributed by atoms with van der Waals surface area (Å²) in [7, 11) is 1.18. The highest BCUT2D eigenvalue weighted by Gasteiger charge is 2.18. The van der Waals surface area contributed by atoms with E-state index in [2.05, 4.69) is 15.4 Å². The van der Waals surface area contributed by atoms with E-state index in [1.807, 2.05) is 11.8 Å². The predicted octanol–water partition coefficient (Wildman–Crippen LogP) is 1.65. The molecule has 7 heteroatoms. The molecule has 0 saturated carbocycles. The monoisotopic (exact) mass is 312 g/mol. The van der Waals surface area contributed by atoms with E-state index in [0.717, 1.165) is 24.1 Å². The van der Waals surface area contributed by atoms with Crippen molar-refractivity contribution in [2.75, 3.05) is 30.5 Å². The third-order valence-corrected chi connectivity index (χ3v) is 4.22. The Labute approximate surface area is 126 Å². The van der Waals surface area contributed by atoms with Gasteiger partial charge in [0.1, 0.15) is 5.82 Å². The first-order valence-corrected chi connectivity index (χ1v) is 7.74. The summed E-state index contributed by atoms with van der Waals surface area (Å²) in [6.45, 7) is 0.894. The average molecular weight is 312 g/mol. The van der Waals surface area contributed by atoms with Crippen molar-refractivity contribution in [3.8, 4) is 0 Å². The summed E-state index contributed by atoms with van der Waals surface area (Å²) in [5.74, 6) is 0.333.